The van der Waals surface area contributed by atoms with Gasteiger partial charge in [0.25, 0.3) is 0 Å². The van der Waals surface area contributed by atoms with Gasteiger partial charge in [-0.15, -0.1) is 12.4 Å². The van der Waals surface area contributed by atoms with Gasteiger partial charge in [0.1, 0.15) is 5.75 Å². The Morgan fingerprint density at radius 2 is 1.92 bits per heavy atom. The zero-order valence-electron chi connectivity index (χ0n) is 14.4. The fraction of sp³-hybridized carbons (Fsp3) is 0.316. The van der Waals surface area contributed by atoms with E-state index >= 15 is 0 Å². The third-order valence-electron chi connectivity index (χ3n) is 3.56. The average molecular weight is 365 g/mol. The first-order chi connectivity index (χ1) is 11.7. The lowest BCUT2D eigenvalue weighted by molar-refractivity contribution is -0.116. The minimum absolute atomic E-state index is 0. The summed E-state index contributed by atoms with van der Waals surface area (Å²) in [5.41, 5.74) is 8.33. The van der Waals surface area contributed by atoms with Crippen molar-refractivity contribution in [2.24, 2.45) is 0 Å². The lowest BCUT2D eigenvalue weighted by atomic mass is 10.1. The van der Waals surface area contributed by atoms with Gasteiger partial charge in [-0.3, -0.25) is 4.79 Å². The largest absolute Gasteiger partial charge is 0.493 e. The van der Waals surface area contributed by atoms with Crippen molar-refractivity contribution >= 4 is 29.7 Å². The number of aryl methyl sites for hydroxylation is 1. The molecule has 0 aliphatic rings. The zero-order chi connectivity index (χ0) is 17.2. The molecule has 0 radical (unpaired) electrons. The van der Waals surface area contributed by atoms with E-state index < -0.39 is 0 Å². The van der Waals surface area contributed by atoms with Gasteiger partial charge in [0.2, 0.25) is 5.91 Å². The van der Waals surface area contributed by atoms with Gasteiger partial charge in [-0.1, -0.05) is 24.3 Å². The van der Waals surface area contributed by atoms with Crippen LogP contribution in [0.4, 0.5) is 11.4 Å². The van der Waals surface area contributed by atoms with Gasteiger partial charge < -0.3 is 20.5 Å². The molecular weight excluding hydrogens is 340 g/mol. The van der Waals surface area contributed by atoms with Crippen LogP contribution in [0.2, 0.25) is 0 Å². The summed E-state index contributed by atoms with van der Waals surface area (Å²) in [7, 11) is 1.67. The highest BCUT2D eigenvalue weighted by Gasteiger charge is 2.06. The summed E-state index contributed by atoms with van der Waals surface area (Å²) in [6, 6.07) is 15.0. The van der Waals surface area contributed by atoms with E-state index in [0.717, 1.165) is 29.1 Å². The predicted octanol–water partition coefficient (Wildman–Crippen LogP) is 3.68. The topological polar surface area (TPSA) is 73.6 Å². The monoisotopic (exact) mass is 364 g/mol. The molecule has 0 fully saturated rings. The minimum atomic E-state index is -0.0465. The van der Waals surface area contributed by atoms with Crippen molar-refractivity contribution in [3.8, 4) is 5.75 Å². The molecule has 0 aromatic heterocycles. The number of nitrogen functional groups attached to an aromatic ring is 1. The van der Waals surface area contributed by atoms with Crippen LogP contribution in [0.15, 0.2) is 48.5 Å². The van der Waals surface area contributed by atoms with Crippen LogP contribution in [0.1, 0.15) is 18.4 Å². The van der Waals surface area contributed by atoms with Crippen molar-refractivity contribution in [2.75, 3.05) is 31.4 Å². The quantitative estimate of drug-likeness (QED) is 0.526. The van der Waals surface area contributed by atoms with Crippen LogP contribution in [-0.2, 0) is 16.0 Å². The Hall–Kier alpha value is -2.24. The molecule has 0 aliphatic heterocycles. The van der Waals surface area contributed by atoms with Crippen LogP contribution in [0, 0.1) is 0 Å². The standard InChI is InChI=1S/C19H24N2O3.ClH/c1-23-12-5-13-24-17-8-4-7-16(14-17)21-19(22)11-10-15-6-2-3-9-18(15)20;/h2-4,6-9,14H,5,10-13,20H2,1H3,(H,21,22);1H. The predicted molar refractivity (Wildman–Crippen MR) is 103 cm³/mol. The summed E-state index contributed by atoms with van der Waals surface area (Å²) in [4.78, 5) is 12.1. The number of carbonyl (C=O) groups is 1. The summed E-state index contributed by atoms with van der Waals surface area (Å²) in [6.07, 6.45) is 1.82. The molecule has 1 amide bonds. The lowest BCUT2D eigenvalue weighted by Crippen LogP contribution is -2.13. The van der Waals surface area contributed by atoms with Crippen molar-refractivity contribution in [2.45, 2.75) is 19.3 Å². The molecule has 0 heterocycles. The molecule has 3 N–H and O–H groups in total. The Balaban J connectivity index is 0.00000312. The molecular formula is C19H25ClN2O3. The van der Waals surface area contributed by atoms with Crippen molar-refractivity contribution < 1.29 is 14.3 Å². The summed E-state index contributed by atoms with van der Waals surface area (Å²) in [6.45, 7) is 1.25. The number of nitrogens with one attached hydrogen (secondary N) is 1. The van der Waals surface area contributed by atoms with E-state index in [1.54, 1.807) is 7.11 Å². The molecule has 2 aromatic rings. The summed E-state index contributed by atoms with van der Waals surface area (Å²) >= 11 is 0. The lowest BCUT2D eigenvalue weighted by Gasteiger charge is -2.09. The molecule has 6 heteroatoms. The molecule has 0 saturated heterocycles. The second kappa shape index (κ2) is 11.3. The van der Waals surface area contributed by atoms with E-state index in [1.807, 2.05) is 48.5 Å². The van der Waals surface area contributed by atoms with E-state index in [4.69, 9.17) is 15.2 Å². The van der Waals surface area contributed by atoms with Crippen molar-refractivity contribution in [3.05, 3.63) is 54.1 Å². The van der Waals surface area contributed by atoms with E-state index in [1.165, 1.54) is 0 Å². The molecule has 0 aliphatic carbocycles. The van der Waals surface area contributed by atoms with Gasteiger partial charge in [0.15, 0.2) is 0 Å². The Morgan fingerprint density at radius 1 is 1.12 bits per heavy atom. The Morgan fingerprint density at radius 3 is 2.68 bits per heavy atom. The fourth-order valence-electron chi connectivity index (χ4n) is 2.29. The number of rotatable bonds is 9. The van der Waals surface area contributed by atoms with Crippen LogP contribution >= 0.6 is 12.4 Å². The van der Waals surface area contributed by atoms with Crippen molar-refractivity contribution in [1.82, 2.24) is 0 Å². The number of methoxy groups -OCH3 is 1. The van der Waals surface area contributed by atoms with Gasteiger partial charge in [-0.2, -0.15) is 0 Å². The van der Waals surface area contributed by atoms with Crippen LogP contribution in [-0.4, -0.2) is 26.2 Å². The van der Waals surface area contributed by atoms with Gasteiger partial charge in [-0.05, 0) is 30.2 Å². The first-order valence-corrected chi connectivity index (χ1v) is 8.04. The SMILES string of the molecule is COCCCOc1cccc(NC(=O)CCc2ccccc2N)c1.Cl. The third kappa shape index (κ3) is 7.45. The third-order valence-corrected chi connectivity index (χ3v) is 3.56. The number of carbonyl (C=O) groups excluding carboxylic acids is 1. The number of para-hydroxylation sites is 1. The molecule has 136 valence electrons. The highest BCUT2D eigenvalue weighted by atomic mass is 35.5. The van der Waals surface area contributed by atoms with Crippen LogP contribution < -0.4 is 15.8 Å². The molecule has 2 rings (SSSR count). The normalized spacial score (nSPS) is 9.96. The van der Waals surface area contributed by atoms with E-state index in [0.29, 0.717) is 26.1 Å². The number of benzene rings is 2. The molecule has 2 aromatic carbocycles. The first-order valence-electron chi connectivity index (χ1n) is 8.04. The number of amides is 1. The second-order valence-electron chi connectivity index (χ2n) is 5.47. The molecule has 0 bridgehead atoms. The minimum Gasteiger partial charge on any atom is -0.493 e. The number of hydrogen-bond acceptors (Lipinski definition) is 4. The molecule has 0 spiro atoms. The number of halogens is 1. The maximum atomic E-state index is 12.1. The summed E-state index contributed by atoms with van der Waals surface area (Å²) in [5.74, 6) is 0.686. The van der Waals surface area contributed by atoms with Crippen LogP contribution in [0.25, 0.3) is 0 Å². The Labute approximate surface area is 154 Å². The maximum Gasteiger partial charge on any atom is 0.224 e. The molecule has 0 unspecified atom stereocenters. The number of anilines is 2. The van der Waals surface area contributed by atoms with Crippen LogP contribution in [0.5, 0.6) is 5.75 Å². The van der Waals surface area contributed by atoms with Crippen LogP contribution in [0.3, 0.4) is 0 Å². The van der Waals surface area contributed by atoms with Gasteiger partial charge >= 0.3 is 0 Å². The van der Waals surface area contributed by atoms with E-state index in [2.05, 4.69) is 5.32 Å². The number of ether oxygens (including phenoxy) is 2. The smallest absolute Gasteiger partial charge is 0.224 e. The Bertz CT molecular complexity index is 665. The van der Waals surface area contributed by atoms with E-state index in [9.17, 15) is 4.79 Å². The van der Waals surface area contributed by atoms with Crippen molar-refractivity contribution in [3.63, 3.8) is 0 Å². The molecule has 5 nitrogen and oxygen atoms in total. The van der Waals surface area contributed by atoms with E-state index in [-0.39, 0.29) is 18.3 Å². The molecule has 25 heavy (non-hydrogen) atoms. The highest BCUT2D eigenvalue weighted by molar-refractivity contribution is 5.91. The Kier molecular flexibility index (Phi) is 9.43. The summed E-state index contributed by atoms with van der Waals surface area (Å²) < 4.78 is 10.6. The molecule has 0 saturated carbocycles. The first kappa shape index (κ1) is 20.8. The highest BCUT2D eigenvalue weighted by Crippen LogP contribution is 2.18. The van der Waals surface area contributed by atoms with Gasteiger partial charge in [0, 0.05) is 44.0 Å². The van der Waals surface area contributed by atoms with Crippen molar-refractivity contribution in [1.29, 1.82) is 0 Å². The maximum absolute atomic E-state index is 12.1. The molecule has 0 atom stereocenters. The average Bonchev–Trinajstić information content (AvgIpc) is 2.58. The second-order valence-corrected chi connectivity index (χ2v) is 5.47. The zero-order valence-corrected chi connectivity index (χ0v) is 15.2. The number of hydrogen-bond donors (Lipinski definition) is 2. The van der Waals surface area contributed by atoms with Gasteiger partial charge in [-0.25, -0.2) is 0 Å². The fourth-order valence-corrected chi connectivity index (χ4v) is 2.29. The van der Waals surface area contributed by atoms with Gasteiger partial charge in [0.05, 0.1) is 6.61 Å². The number of nitrogens with two attached hydrogens (primary N) is 1. The summed E-state index contributed by atoms with van der Waals surface area (Å²) in [5, 5.41) is 2.89.